The SMILES string of the molecule is CC1(C)OB(Cc2cccc(P(C)(C)=O)c2)OC1(C)C. The van der Waals surface area contributed by atoms with Crippen LogP contribution in [0.1, 0.15) is 33.3 Å². The lowest BCUT2D eigenvalue weighted by atomic mass is 9.81. The summed E-state index contributed by atoms with van der Waals surface area (Å²) in [5.74, 6) is 0. The third-order valence-corrected chi connectivity index (χ3v) is 5.76. The molecule has 1 fully saturated rings. The fraction of sp³-hybridized carbons (Fsp3) is 0.600. The quantitative estimate of drug-likeness (QED) is 0.634. The van der Waals surface area contributed by atoms with E-state index in [-0.39, 0.29) is 18.3 Å². The molecule has 2 rings (SSSR count). The molecule has 0 bridgehead atoms. The van der Waals surface area contributed by atoms with Gasteiger partial charge in [0.05, 0.1) is 11.2 Å². The maximum Gasteiger partial charge on any atom is 0.462 e. The van der Waals surface area contributed by atoms with Crippen LogP contribution in [0.3, 0.4) is 0 Å². The van der Waals surface area contributed by atoms with Crippen molar-refractivity contribution in [3.05, 3.63) is 29.8 Å². The fourth-order valence-corrected chi connectivity index (χ4v) is 3.18. The summed E-state index contributed by atoms with van der Waals surface area (Å²) >= 11 is 0. The van der Waals surface area contributed by atoms with Gasteiger partial charge >= 0.3 is 7.12 Å². The van der Waals surface area contributed by atoms with Crippen molar-refractivity contribution in [1.82, 2.24) is 0 Å². The Balaban J connectivity index is 2.15. The summed E-state index contributed by atoms with van der Waals surface area (Å²) in [5.41, 5.74) is 0.491. The smallest absolute Gasteiger partial charge is 0.403 e. The molecule has 0 atom stereocenters. The van der Waals surface area contributed by atoms with Crippen LogP contribution in [0.4, 0.5) is 0 Å². The maximum atomic E-state index is 12.1. The lowest BCUT2D eigenvalue weighted by Gasteiger charge is -2.32. The van der Waals surface area contributed by atoms with Gasteiger partial charge in [0.25, 0.3) is 0 Å². The molecule has 1 saturated heterocycles. The van der Waals surface area contributed by atoms with Gasteiger partial charge in [0, 0.05) is 11.6 Å². The predicted molar refractivity (Wildman–Crippen MR) is 85.3 cm³/mol. The van der Waals surface area contributed by atoms with Gasteiger partial charge in [-0.05, 0) is 52.7 Å². The third kappa shape index (κ3) is 3.19. The normalized spacial score (nSPS) is 21.2. The Labute approximate surface area is 122 Å². The molecule has 0 aromatic heterocycles. The number of benzene rings is 1. The molecule has 0 aliphatic carbocycles. The van der Waals surface area contributed by atoms with E-state index in [0.29, 0.717) is 6.32 Å². The van der Waals surface area contributed by atoms with Gasteiger partial charge in [-0.25, -0.2) is 0 Å². The summed E-state index contributed by atoms with van der Waals surface area (Å²) in [6.07, 6.45) is 0.681. The van der Waals surface area contributed by atoms with Gasteiger partial charge < -0.3 is 13.9 Å². The summed E-state index contributed by atoms with van der Waals surface area (Å²) in [6, 6.07) is 7.92. The molecule has 0 amide bonds. The molecule has 110 valence electrons. The van der Waals surface area contributed by atoms with Crippen LogP contribution in [0.25, 0.3) is 0 Å². The van der Waals surface area contributed by atoms with Crippen LogP contribution >= 0.6 is 7.14 Å². The van der Waals surface area contributed by atoms with E-state index in [1.807, 2.05) is 24.3 Å². The zero-order chi connectivity index (χ0) is 15.2. The maximum absolute atomic E-state index is 12.1. The predicted octanol–water partition coefficient (Wildman–Crippen LogP) is 3.11. The summed E-state index contributed by atoms with van der Waals surface area (Å²) in [5, 5.41) is 0.909. The largest absolute Gasteiger partial charge is 0.462 e. The van der Waals surface area contributed by atoms with Gasteiger partial charge in [0.1, 0.15) is 7.14 Å². The molecule has 5 heteroatoms. The molecular formula is C15H24BO3P. The van der Waals surface area contributed by atoms with Crippen molar-refractivity contribution in [3.8, 4) is 0 Å². The highest BCUT2D eigenvalue weighted by atomic mass is 31.2. The average molecular weight is 294 g/mol. The lowest BCUT2D eigenvalue weighted by molar-refractivity contribution is 0.00578. The first kappa shape index (κ1) is 15.8. The van der Waals surface area contributed by atoms with E-state index in [2.05, 4.69) is 27.7 Å². The second-order valence-electron chi connectivity index (χ2n) is 6.91. The summed E-state index contributed by atoms with van der Waals surface area (Å²) < 4.78 is 24.2. The number of rotatable bonds is 3. The summed E-state index contributed by atoms with van der Waals surface area (Å²) in [6.45, 7) is 11.8. The molecule has 3 nitrogen and oxygen atoms in total. The third-order valence-electron chi connectivity index (χ3n) is 4.24. The Morgan fingerprint density at radius 2 is 1.65 bits per heavy atom. The Morgan fingerprint density at radius 3 is 2.15 bits per heavy atom. The first-order valence-corrected chi connectivity index (χ1v) is 9.61. The van der Waals surface area contributed by atoms with Gasteiger partial charge in [-0.3, -0.25) is 0 Å². The number of hydrogen-bond donors (Lipinski definition) is 0. The lowest BCUT2D eigenvalue weighted by Crippen LogP contribution is -2.41. The van der Waals surface area contributed by atoms with Crippen LogP contribution in [0.15, 0.2) is 24.3 Å². The van der Waals surface area contributed by atoms with Gasteiger partial charge in [-0.2, -0.15) is 0 Å². The molecule has 0 spiro atoms. The van der Waals surface area contributed by atoms with Crippen LogP contribution in [0.2, 0.25) is 0 Å². The molecule has 1 aliphatic rings. The second kappa shape index (κ2) is 5.01. The molecule has 0 radical (unpaired) electrons. The van der Waals surface area contributed by atoms with E-state index in [4.69, 9.17) is 9.31 Å². The van der Waals surface area contributed by atoms with Crippen molar-refractivity contribution < 1.29 is 13.9 Å². The molecule has 1 aromatic rings. The molecule has 1 aromatic carbocycles. The first-order valence-electron chi connectivity index (χ1n) is 7.01. The van der Waals surface area contributed by atoms with Crippen molar-refractivity contribution in [3.63, 3.8) is 0 Å². The van der Waals surface area contributed by atoms with Crippen LogP contribution in [0.5, 0.6) is 0 Å². The number of hydrogen-bond acceptors (Lipinski definition) is 3. The zero-order valence-corrected chi connectivity index (χ0v) is 14.2. The summed E-state index contributed by atoms with van der Waals surface area (Å²) in [7, 11) is -2.47. The van der Waals surface area contributed by atoms with Crippen molar-refractivity contribution in [2.45, 2.75) is 45.2 Å². The van der Waals surface area contributed by atoms with Crippen LogP contribution < -0.4 is 5.30 Å². The molecular weight excluding hydrogens is 270 g/mol. The highest BCUT2D eigenvalue weighted by Crippen LogP contribution is 2.38. The molecule has 1 heterocycles. The Hall–Kier alpha value is -0.565. The van der Waals surface area contributed by atoms with Crippen molar-refractivity contribution in [1.29, 1.82) is 0 Å². The highest BCUT2D eigenvalue weighted by Gasteiger charge is 2.50. The fourth-order valence-electron chi connectivity index (χ4n) is 2.26. The molecule has 0 unspecified atom stereocenters. The van der Waals surface area contributed by atoms with Crippen molar-refractivity contribution >= 4 is 19.6 Å². The van der Waals surface area contributed by atoms with E-state index >= 15 is 0 Å². The van der Waals surface area contributed by atoms with E-state index in [1.165, 1.54) is 0 Å². The standard InChI is InChI=1S/C15H24BO3P/c1-14(2)15(3,4)19-16(18-14)11-12-8-7-9-13(10-12)20(5,6)17/h7-10H,11H2,1-6H3. The van der Waals surface area contributed by atoms with Crippen LogP contribution in [0, 0.1) is 0 Å². The monoisotopic (exact) mass is 294 g/mol. The van der Waals surface area contributed by atoms with Gasteiger partial charge in [0.15, 0.2) is 0 Å². The topological polar surface area (TPSA) is 35.5 Å². The average Bonchev–Trinajstić information content (AvgIpc) is 2.46. The van der Waals surface area contributed by atoms with Crippen molar-refractivity contribution in [2.75, 3.05) is 13.3 Å². The Bertz CT molecular complexity index is 532. The van der Waals surface area contributed by atoms with E-state index in [9.17, 15) is 4.57 Å². The molecule has 1 aliphatic heterocycles. The van der Waals surface area contributed by atoms with Gasteiger partial charge in [-0.15, -0.1) is 0 Å². The highest BCUT2D eigenvalue weighted by molar-refractivity contribution is 7.70. The van der Waals surface area contributed by atoms with E-state index in [1.54, 1.807) is 13.3 Å². The summed E-state index contributed by atoms with van der Waals surface area (Å²) in [4.78, 5) is 0. The molecule has 20 heavy (non-hydrogen) atoms. The minimum absolute atomic E-state index is 0.247. The first-order chi connectivity index (χ1) is 9.01. The van der Waals surface area contributed by atoms with Crippen LogP contribution in [-0.2, 0) is 20.2 Å². The minimum Gasteiger partial charge on any atom is -0.403 e. The van der Waals surface area contributed by atoms with Gasteiger partial charge in [-0.1, -0.05) is 18.2 Å². The molecule has 0 saturated carbocycles. The second-order valence-corrected chi connectivity index (χ2v) is 10.1. The Kier molecular flexibility index (Phi) is 3.96. The van der Waals surface area contributed by atoms with E-state index in [0.717, 1.165) is 10.9 Å². The zero-order valence-electron chi connectivity index (χ0n) is 13.3. The van der Waals surface area contributed by atoms with Crippen molar-refractivity contribution in [2.24, 2.45) is 0 Å². The Morgan fingerprint density at radius 1 is 1.10 bits per heavy atom. The minimum atomic E-state index is -2.22. The molecule has 0 N–H and O–H groups in total. The van der Waals surface area contributed by atoms with E-state index < -0.39 is 7.14 Å². The van der Waals surface area contributed by atoms with Gasteiger partial charge in [0.2, 0.25) is 0 Å². The van der Waals surface area contributed by atoms with Crippen LogP contribution in [-0.4, -0.2) is 31.7 Å².